The second-order valence-corrected chi connectivity index (χ2v) is 4.74. The molecule has 0 aliphatic carbocycles. The van der Waals surface area contributed by atoms with Gasteiger partial charge in [-0.05, 0) is 24.1 Å². The van der Waals surface area contributed by atoms with Crippen molar-refractivity contribution in [2.24, 2.45) is 0 Å². The number of anilines is 1. The Bertz CT molecular complexity index is 201. The first-order chi connectivity index (χ1) is 5.38. The third-order valence-corrected chi connectivity index (χ3v) is 5.17. The Hall–Kier alpha value is -0.0631. The summed E-state index contributed by atoms with van der Waals surface area (Å²) < 4.78 is 2.23. The van der Waals surface area contributed by atoms with Crippen LogP contribution in [0, 0.1) is 0 Å². The van der Waals surface area contributed by atoms with Gasteiger partial charge in [0.05, 0.1) is 15.1 Å². The molecule has 0 fully saturated rings. The highest BCUT2D eigenvalue weighted by atomic mass is 32.4. The first-order valence-electron chi connectivity index (χ1n) is 3.32. The van der Waals surface area contributed by atoms with E-state index in [-0.39, 0.29) is 0 Å². The van der Waals surface area contributed by atoms with Crippen LogP contribution in [0.4, 0.5) is 5.69 Å². The molecule has 0 amide bonds. The zero-order chi connectivity index (χ0) is 8.10. The van der Waals surface area contributed by atoms with E-state index in [0.717, 1.165) is 9.39 Å². The molecule has 0 aromatic heterocycles. The maximum atomic E-state index is 2.23. The van der Waals surface area contributed by atoms with Gasteiger partial charge in [-0.1, -0.05) is 29.6 Å². The lowest BCUT2D eigenvalue weighted by molar-refractivity contribution is 1.61. The highest BCUT2D eigenvalue weighted by molar-refractivity contribution is 8.29. The van der Waals surface area contributed by atoms with Crippen molar-refractivity contribution < 1.29 is 0 Å². The molecule has 1 rings (SSSR count). The van der Waals surface area contributed by atoms with Gasteiger partial charge in [0.2, 0.25) is 0 Å². The Kier molecular flexibility index (Phi) is 3.89. The van der Waals surface area contributed by atoms with Crippen LogP contribution in [0.3, 0.4) is 0 Å². The Morgan fingerprint density at radius 2 is 1.91 bits per heavy atom. The summed E-state index contributed by atoms with van der Waals surface area (Å²) in [4.78, 5) is 0. The second-order valence-electron chi connectivity index (χ2n) is 1.96. The maximum Gasteiger partial charge on any atom is 0.0979 e. The van der Waals surface area contributed by atoms with Crippen LogP contribution in [-0.2, 0) is 0 Å². The summed E-state index contributed by atoms with van der Waals surface area (Å²) in [7, 11) is 1.14. The predicted molar refractivity (Wildman–Crippen MR) is 60.0 cm³/mol. The van der Waals surface area contributed by atoms with E-state index in [1.54, 1.807) is 11.9 Å². The number of para-hydroxylation sites is 1. The lowest BCUT2D eigenvalue weighted by Gasteiger charge is -2.17. The van der Waals surface area contributed by atoms with Gasteiger partial charge in [0.25, 0.3) is 0 Å². The van der Waals surface area contributed by atoms with Crippen molar-refractivity contribution in [1.29, 1.82) is 0 Å². The molecule has 4 heteroatoms. The van der Waals surface area contributed by atoms with E-state index in [0.29, 0.717) is 0 Å². The predicted octanol–water partition coefficient (Wildman–Crippen LogP) is 1.70. The van der Waals surface area contributed by atoms with Gasteiger partial charge in [-0.25, -0.2) is 0 Å². The van der Waals surface area contributed by atoms with Crippen LogP contribution < -0.4 is 3.71 Å². The van der Waals surface area contributed by atoms with Gasteiger partial charge in [0.15, 0.2) is 0 Å². The van der Waals surface area contributed by atoms with E-state index < -0.39 is 0 Å². The summed E-state index contributed by atoms with van der Waals surface area (Å²) in [6.45, 7) is 0. The molecular formula is C7H11NS2Si. The molecule has 0 unspecified atom stereocenters. The van der Waals surface area contributed by atoms with Crippen LogP contribution >= 0.6 is 23.3 Å². The third-order valence-electron chi connectivity index (χ3n) is 1.30. The first-order valence-corrected chi connectivity index (χ1v) is 8.13. The maximum absolute atomic E-state index is 2.23. The van der Waals surface area contributed by atoms with Crippen molar-refractivity contribution in [2.75, 3.05) is 9.97 Å². The number of rotatable bonds is 3. The van der Waals surface area contributed by atoms with Crippen LogP contribution in [0.5, 0.6) is 0 Å². The Labute approximate surface area is 78.9 Å². The normalized spacial score (nSPS) is 9.91. The first kappa shape index (κ1) is 9.03. The number of nitrogens with zero attached hydrogens (tertiary/aromatic N) is 1. The van der Waals surface area contributed by atoms with Crippen molar-refractivity contribution in [3.8, 4) is 0 Å². The van der Waals surface area contributed by atoms with Gasteiger partial charge in [0.1, 0.15) is 0 Å². The Morgan fingerprint density at radius 1 is 1.27 bits per heavy atom. The molecule has 0 bridgehead atoms. The number of hydrogen-bond donors (Lipinski definition) is 0. The highest BCUT2D eigenvalue weighted by Crippen LogP contribution is 2.25. The van der Waals surface area contributed by atoms with E-state index in [1.165, 1.54) is 5.69 Å². The lowest BCUT2D eigenvalue weighted by atomic mass is 10.3. The van der Waals surface area contributed by atoms with Gasteiger partial charge in [-0.15, -0.1) is 0 Å². The Morgan fingerprint density at radius 3 is 2.36 bits per heavy atom. The summed E-state index contributed by atoms with van der Waals surface area (Å²) in [6.07, 6.45) is 2.10. The molecule has 60 valence electrons. The fourth-order valence-corrected chi connectivity index (χ4v) is 4.07. The molecule has 0 saturated carbocycles. The standard InChI is InChI=1S/C7H11NS2Si/c1-9-8(10-11)7-5-3-2-4-6-7/h2-6H,1,11H3. The molecule has 0 heterocycles. The smallest absolute Gasteiger partial charge is 0.0979 e. The third kappa shape index (κ3) is 2.46. The molecule has 11 heavy (non-hydrogen) atoms. The molecule has 1 aromatic rings. The SMILES string of the molecule is CSN(S[SiH3])c1ccccc1. The van der Waals surface area contributed by atoms with Gasteiger partial charge in [-0.3, -0.25) is 3.71 Å². The minimum Gasteiger partial charge on any atom is -0.266 e. The topological polar surface area (TPSA) is 3.24 Å². The average molecular weight is 201 g/mol. The summed E-state index contributed by atoms with van der Waals surface area (Å²) in [5.41, 5.74) is 1.28. The van der Waals surface area contributed by atoms with Crippen molar-refractivity contribution in [2.45, 2.75) is 0 Å². The highest BCUT2D eigenvalue weighted by Gasteiger charge is 1.99. The minimum atomic E-state index is 1.14. The molecule has 0 radical (unpaired) electrons. The van der Waals surface area contributed by atoms with Crippen molar-refractivity contribution in [3.63, 3.8) is 0 Å². The molecule has 0 spiro atoms. The molecule has 1 nitrogen and oxygen atoms in total. The van der Waals surface area contributed by atoms with Crippen LogP contribution in [0.25, 0.3) is 0 Å². The fraction of sp³-hybridized carbons (Fsp3) is 0.143. The molecule has 0 atom stereocenters. The van der Waals surface area contributed by atoms with Crippen molar-refractivity contribution >= 4 is 38.4 Å². The number of benzene rings is 1. The van der Waals surface area contributed by atoms with Crippen LogP contribution in [0.1, 0.15) is 0 Å². The minimum absolute atomic E-state index is 1.14. The Balaban J connectivity index is 2.74. The fourth-order valence-electron chi connectivity index (χ4n) is 0.835. The van der Waals surface area contributed by atoms with Gasteiger partial charge in [-0.2, -0.15) is 0 Å². The number of hydrogen-bond acceptors (Lipinski definition) is 3. The van der Waals surface area contributed by atoms with E-state index in [4.69, 9.17) is 0 Å². The largest absolute Gasteiger partial charge is 0.266 e. The molecule has 0 saturated heterocycles. The summed E-state index contributed by atoms with van der Waals surface area (Å²) in [6, 6.07) is 10.4. The van der Waals surface area contributed by atoms with Crippen LogP contribution in [0.15, 0.2) is 30.3 Å². The monoisotopic (exact) mass is 201 g/mol. The summed E-state index contributed by atoms with van der Waals surface area (Å²) in [5, 5.41) is 0. The van der Waals surface area contributed by atoms with Crippen molar-refractivity contribution in [3.05, 3.63) is 30.3 Å². The molecule has 0 aliphatic heterocycles. The molecular weight excluding hydrogens is 190 g/mol. The van der Waals surface area contributed by atoms with Gasteiger partial charge >= 0.3 is 0 Å². The zero-order valence-electron chi connectivity index (χ0n) is 6.65. The van der Waals surface area contributed by atoms with E-state index in [9.17, 15) is 0 Å². The average Bonchev–Trinajstić information content (AvgIpc) is 2.09. The summed E-state index contributed by atoms with van der Waals surface area (Å²) in [5.74, 6) is 0. The second kappa shape index (κ2) is 4.74. The van der Waals surface area contributed by atoms with Crippen LogP contribution in [0.2, 0.25) is 0 Å². The van der Waals surface area contributed by atoms with E-state index in [1.807, 2.05) is 17.5 Å². The lowest BCUT2D eigenvalue weighted by Crippen LogP contribution is -2.00. The van der Waals surface area contributed by atoms with E-state index >= 15 is 0 Å². The molecule has 0 N–H and O–H groups in total. The van der Waals surface area contributed by atoms with E-state index in [2.05, 4.69) is 34.2 Å². The van der Waals surface area contributed by atoms with Crippen LogP contribution in [-0.4, -0.2) is 15.6 Å². The molecule has 1 aromatic carbocycles. The molecule has 0 aliphatic rings. The van der Waals surface area contributed by atoms with Gasteiger partial charge < -0.3 is 0 Å². The summed E-state index contributed by atoms with van der Waals surface area (Å²) >= 11 is 3.61. The zero-order valence-corrected chi connectivity index (χ0v) is 10.3. The quantitative estimate of drug-likeness (QED) is 0.541. The van der Waals surface area contributed by atoms with Crippen molar-refractivity contribution in [1.82, 2.24) is 0 Å². The van der Waals surface area contributed by atoms with Gasteiger partial charge in [0, 0.05) is 6.26 Å².